The summed E-state index contributed by atoms with van der Waals surface area (Å²) in [4.78, 5) is 6.79. The molecular formula is C22H12N4. The molecule has 4 heteroatoms. The van der Waals surface area contributed by atoms with Gasteiger partial charge in [0.25, 0.3) is 11.4 Å². The van der Waals surface area contributed by atoms with Gasteiger partial charge in [-0.05, 0) is 47.5 Å². The second-order valence-corrected chi connectivity index (χ2v) is 5.89. The van der Waals surface area contributed by atoms with E-state index in [0.29, 0.717) is 21.2 Å². The molecule has 0 amide bonds. The summed E-state index contributed by atoms with van der Waals surface area (Å²) in [7, 11) is 0. The van der Waals surface area contributed by atoms with Gasteiger partial charge in [-0.3, -0.25) is 0 Å². The number of hydrogen-bond acceptors (Lipinski definition) is 2. The predicted octanol–water partition coefficient (Wildman–Crippen LogP) is 3.71. The van der Waals surface area contributed by atoms with Crippen LogP contribution in [0.15, 0.2) is 36.4 Å². The molecule has 0 aliphatic heterocycles. The van der Waals surface area contributed by atoms with Crippen LogP contribution in [-0.4, -0.2) is 0 Å². The van der Waals surface area contributed by atoms with Crippen molar-refractivity contribution in [2.24, 2.45) is 0 Å². The number of nitriles is 2. The molecule has 0 saturated carbocycles. The van der Waals surface area contributed by atoms with Crippen molar-refractivity contribution in [1.29, 1.82) is 10.5 Å². The molecule has 4 nitrogen and oxygen atoms in total. The van der Waals surface area contributed by atoms with E-state index >= 15 is 0 Å². The largest absolute Gasteiger partial charge is 0.269 e. The predicted molar refractivity (Wildman–Crippen MR) is 101 cm³/mol. The Labute approximate surface area is 150 Å². The van der Waals surface area contributed by atoms with Crippen molar-refractivity contribution in [3.8, 4) is 12.1 Å². The maximum atomic E-state index is 9.43. The molecule has 26 heavy (non-hydrogen) atoms. The third-order valence-corrected chi connectivity index (χ3v) is 4.65. The highest BCUT2D eigenvalue weighted by Gasteiger charge is 2.13. The third-order valence-electron chi connectivity index (χ3n) is 4.65. The Hall–Kier alpha value is -4.12. The Morgan fingerprint density at radius 1 is 0.808 bits per heavy atom. The van der Waals surface area contributed by atoms with Crippen LogP contribution in [0.25, 0.3) is 42.6 Å². The average Bonchev–Trinajstić information content (AvgIpc) is 2.67. The summed E-state index contributed by atoms with van der Waals surface area (Å²) in [6.45, 7) is 18.4. The fraction of sp³-hybridized carbons (Fsp3) is 0.0909. The van der Waals surface area contributed by atoms with E-state index in [4.69, 9.17) is 13.1 Å². The lowest BCUT2D eigenvalue weighted by Crippen LogP contribution is -2.22. The van der Waals surface area contributed by atoms with Gasteiger partial charge < -0.3 is 0 Å². The standard InChI is InChI=1S/C22H12N4/c1-13-14(2)22(20(12-24)26-4)18-10-16-8-6-5-7-15(16)9-17(18)21(13)19(11-23)25-3/h5-10H,1-2H3/b21-19-,22-20-. The molecule has 0 aliphatic carbocycles. The molecule has 0 fully saturated rings. The van der Waals surface area contributed by atoms with Gasteiger partial charge in [-0.15, -0.1) is 0 Å². The van der Waals surface area contributed by atoms with E-state index in [0.717, 1.165) is 21.9 Å². The Balaban J connectivity index is 2.88. The molecule has 3 aromatic rings. The van der Waals surface area contributed by atoms with Crippen LogP contribution >= 0.6 is 0 Å². The van der Waals surface area contributed by atoms with E-state index in [9.17, 15) is 10.5 Å². The highest BCUT2D eigenvalue weighted by molar-refractivity contribution is 6.01. The molecule has 0 spiro atoms. The quantitative estimate of drug-likeness (QED) is 0.465. The zero-order valence-corrected chi connectivity index (χ0v) is 14.3. The smallest absolute Gasteiger partial charge is 0.226 e. The van der Waals surface area contributed by atoms with E-state index in [1.54, 1.807) is 0 Å². The van der Waals surface area contributed by atoms with E-state index < -0.39 is 0 Å². The van der Waals surface area contributed by atoms with E-state index in [2.05, 4.69) is 9.69 Å². The molecule has 0 N–H and O–H groups in total. The van der Waals surface area contributed by atoms with Gasteiger partial charge in [0.15, 0.2) is 0 Å². The summed E-state index contributed by atoms with van der Waals surface area (Å²) in [5.41, 5.74) is 1.51. The first-order valence-electron chi connectivity index (χ1n) is 7.82. The summed E-state index contributed by atoms with van der Waals surface area (Å²) < 4.78 is 0. The van der Waals surface area contributed by atoms with Crippen molar-refractivity contribution in [2.75, 3.05) is 0 Å². The van der Waals surface area contributed by atoms with Crippen molar-refractivity contribution in [2.45, 2.75) is 13.8 Å². The Kier molecular flexibility index (Phi) is 4.12. The highest BCUT2D eigenvalue weighted by atomic mass is 14.7. The minimum absolute atomic E-state index is 0.0127. The summed E-state index contributed by atoms with van der Waals surface area (Å²) in [6.07, 6.45) is 0. The van der Waals surface area contributed by atoms with Gasteiger partial charge in [0.2, 0.25) is 0 Å². The zero-order chi connectivity index (χ0) is 18.8. The maximum absolute atomic E-state index is 9.43. The molecule has 120 valence electrons. The van der Waals surface area contributed by atoms with Crippen LogP contribution in [0.4, 0.5) is 0 Å². The molecule has 3 aromatic carbocycles. The van der Waals surface area contributed by atoms with Crippen LogP contribution < -0.4 is 10.4 Å². The molecule has 0 atom stereocenters. The maximum Gasteiger partial charge on any atom is 0.269 e. The van der Waals surface area contributed by atoms with Gasteiger partial charge in [0.05, 0.1) is 25.3 Å². The van der Waals surface area contributed by atoms with Gasteiger partial charge in [-0.2, -0.15) is 0 Å². The Morgan fingerprint density at radius 3 is 1.50 bits per heavy atom. The van der Waals surface area contributed by atoms with Gasteiger partial charge in [0.1, 0.15) is 0 Å². The van der Waals surface area contributed by atoms with Crippen LogP contribution in [-0.2, 0) is 0 Å². The fourth-order valence-corrected chi connectivity index (χ4v) is 3.32. The molecule has 3 rings (SSSR count). The second-order valence-electron chi connectivity index (χ2n) is 5.89. The monoisotopic (exact) mass is 332 g/mol. The Bertz CT molecular complexity index is 1240. The normalized spacial score (nSPS) is 12.5. The first-order valence-corrected chi connectivity index (χ1v) is 7.82. The van der Waals surface area contributed by atoms with Crippen molar-refractivity contribution < 1.29 is 0 Å². The topological polar surface area (TPSA) is 56.3 Å². The molecule has 0 bridgehead atoms. The fourth-order valence-electron chi connectivity index (χ4n) is 3.32. The van der Waals surface area contributed by atoms with E-state index in [1.807, 2.05) is 62.4 Å². The first kappa shape index (κ1) is 16.7. The zero-order valence-electron chi connectivity index (χ0n) is 14.3. The summed E-state index contributed by atoms with van der Waals surface area (Å²) in [5, 5.41) is 23.4. The number of fused-ring (bicyclic) bond motifs is 2. The minimum atomic E-state index is 0.0127. The van der Waals surface area contributed by atoms with E-state index in [1.165, 1.54) is 0 Å². The third kappa shape index (κ3) is 2.35. The second kappa shape index (κ2) is 6.41. The molecule has 0 saturated heterocycles. The lowest BCUT2D eigenvalue weighted by Gasteiger charge is -2.12. The van der Waals surface area contributed by atoms with Crippen molar-refractivity contribution in [1.82, 2.24) is 0 Å². The van der Waals surface area contributed by atoms with Crippen LogP contribution in [0.2, 0.25) is 0 Å². The summed E-state index contributed by atoms with van der Waals surface area (Å²) in [6, 6.07) is 15.6. The lowest BCUT2D eigenvalue weighted by atomic mass is 9.92. The number of rotatable bonds is 0. The van der Waals surface area contributed by atoms with Gasteiger partial charge in [0, 0.05) is 10.4 Å². The van der Waals surface area contributed by atoms with Crippen molar-refractivity contribution in [3.05, 3.63) is 80.8 Å². The van der Waals surface area contributed by atoms with Crippen molar-refractivity contribution >= 4 is 32.9 Å². The van der Waals surface area contributed by atoms with Crippen LogP contribution in [0.1, 0.15) is 11.1 Å². The number of benzene rings is 3. The molecular weight excluding hydrogens is 320 g/mol. The van der Waals surface area contributed by atoms with E-state index in [-0.39, 0.29) is 11.4 Å². The van der Waals surface area contributed by atoms with Crippen molar-refractivity contribution in [3.63, 3.8) is 0 Å². The summed E-state index contributed by atoms with van der Waals surface area (Å²) >= 11 is 0. The molecule has 0 aliphatic rings. The molecule has 0 heterocycles. The highest BCUT2D eigenvalue weighted by Crippen LogP contribution is 2.21. The lowest BCUT2D eigenvalue weighted by molar-refractivity contribution is 1.29. The van der Waals surface area contributed by atoms with Crippen LogP contribution in [0.3, 0.4) is 0 Å². The Morgan fingerprint density at radius 2 is 1.19 bits per heavy atom. The van der Waals surface area contributed by atoms with Crippen LogP contribution in [0.5, 0.6) is 0 Å². The average molecular weight is 332 g/mol. The van der Waals surface area contributed by atoms with Gasteiger partial charge in [-0.25, -0.2) is 20.2 Å². The minimum Gasteiger partial charge on any atom is -0.226 e. The molecule has 0 aromatic heterocycles. The number of hydrogen-bond donors (Lipinski definition) is 0. The van der Waals surface area contributed by atoms with Gasteiger partial charge in [-0.1, -0.05) is 35.4 Å². The number of nitrogens with zero attached hydrogens (tertiary/aromatic N) is 4. The SMILES string of the molecule is [C-]#[N+]/C(C#N)=c1/c(C)c(C)/c(=C(\C#N)[N+]#[C-])c2cc3ccccc3cc12. The molecule has 0 unspecified atom stereocenters. The first-order chi connectivity index (χ1) is 12.6. The van der Waals surface area contributed by atoms with Gasteiger partial charge >= 0.3 is 0 Å². The van der Waals surface area contributed by atoms with Crippen LogP contribution in [0, 0.1) is 49.7 Å². The molecule has 0 radical (unpaired) electrons. The summed E-state index contributed by atoms with van der Waals surface area (Å²) in [5.74, 6) is 0.